The second-order valence-electron chi connectivity index (χ2n) is 2.53. The molecule has 3 nitrogen and oxygen atoms in total. The third-order valence-electron chi connectivity index (χ3n) is 1.36. The molecule has 0 aliphatic rings. The number of nitrogens with one attached hydrogen (secondary N) is 1. The molecule has 0 saturated carbocycles. The largest absolute Gasteiger partial charge is 0.310 e. The van der Waals surface area contributed by atoms with Crippen LogP contribution in [0.5, 0.6) is 0 Å². The van der Waals surface area contributed by atoms with Gasteiger partial charge in [-0.25, -0.2) is 4.98 Å². The third kappa shape index (κ3) is 3.24. The average Bonchev–Trinajstić information content (AvgIpc) is 2.08. The maximum absolute atomic E-state index is 11.1. The van der Waals surface area contributed by atoms with Gasteiger partial charge < -0.3 is 5.32 Å². The van der Waals surface area contributed by atoms with Crippen LogP contribution < -0.4 is 5.32 Å². The number of thiol groups is 1. The summed E-state index contributed by atoms with van der Waals surface area (Å²) in [6, 6.07) is 3.30. The lowest BCUT2D eigenvalue weighted by molar-refractivity contribution is -0.115. The fourth-order valence-corrected chi connectivity index (χ4v) is 0.857. The summed E-state index contributed by atoms with van der Waals surface area (Å²) in [5.74, 6) is 0.299. The quantitative estimate of drug-likeness (QED) is 0.743. The first kappa shape index (κ1) is 10.3. The van der Waals surface area contributed by atoms with Crippen molar-refractivity contribution in [2.75, 3.05) is 5.32 Å². The van der Waals surface area contributed by atoms with Gasteiger partial charge in [0.25, 0.3) is 0 Å². The molecular weight excluding hydrogens is 208 g/mol. The zero-order chi connectivity index (χ0) is 9.84. The van der Waals surface area contributed by atoms with Gasteiger partial charge in [-0.05, 0) is 19.1 Å². The standard InChI is InChI=1S/C8H9ClN2OS/c1-5(13)8(12)11-7-3-2-6(9)4-10-7/h2-5,13H,1H3,(H,10,11,12). The first-order valence-corrected chi connectivity index (χ1v) is 4.59. The highest BCUT2D eigenvalue weighted by Gasteiger charge is 2.07. The number of aromatic nitrogens is 1. The minimum atomic E-state index is -0.350. The Morgan fingerprint density at radius 3 is 2.85 bits per heavy atom. The minimum Gasteiger partial charge on any atom is -0.310 e. The molecule has 0 bridgehead atoms. The maximum atomic E-state index is 11.1. The normalized spacial score (nSPS) is 12.2. The van der Waals surface area contributed by atoms with Crippen molar-refractivity contribution in [1.82, 2.24) is 4.98 Å². The Bertz CT molecular complexity index is 300. The van der Waals surface area contributed by atoms with E-state index in [1.807, 2.05) is 0 Å². The number of pyridine rings is 1. The third-order valence-corrected chi connectivity index (χ3v) is 1.82. The van der Waals surface area contributed by atoms with E-state index in [1.54, 1.807) is 19.1 Å². The highest BCUT2D eigenvalue weighted by Crippen LogP contribution is 2.10. The summed E-state index contributed by atoms with van der Waals surface area (Å²) in [4.78, 5) is 15.0. The van der Waals surface area contributed by atoms with E-state index in [1.165, 1.54) is 6.20 Å². The van der Waals surface area contributed by atoms with Crippen LogP contribution in [-0.2, 0) is 4.79 Å². The summed E-state index contributed by atoms with van der Waals surface area (Å²) in [5.41, 5.74) is 0. The molecule has 70 valence electrons. The van der Waals surface area contributed by atoms with E-state index in [0.717, 1.165) is 0 Å². The van der Waals surface area contributed by atoms with Crippen molar-refractivity contribution in [2.24, 2.45) is 0 Å². The van der Waals surface area contributed by atoms with Crippen LogP contribution in [0.15, 0.2) is 18.3 Å². The van der Waals surface area contributed by atoms with E-state index in [0.29, 0.717) is 10.8 Å². The molecule has 0 fully saturated rings. The Kier molecular flexibility index (Phi) is 3.57. The van der Waals surface area contributed by atoms with Crippen LogP contribution in [0.2, 0.25) is 5.02 Å². The highest BCUT2D eigenvalue weighted by atomic mass is 35.5. The van der Waals surface area contributed by atoms with Crippen molar-refractivity contribution in [3.63, 3.8) is 0 Å². The second-order valence-corrected chi connectivity index (χ2v) is 3.74. The van der Waals surface area contributed by atoms with Crippen molar-refractivity contribution in [2.45, 2.75) is 12.2 Å². The Morgan fingerprint density at radius 1 is 1.69 bits per heavy atom. The molecule has 1 atom stereocenters. The molecule has 0 radical (unpaired) electrons. The van der Waals surface area contributed by atoms with Gasteiger partial charge in [-0.1, -0.05) is 11.6 Å². The van der Waals surface area contributed by atoms with E-state index in [4.69, 9.17) is 11.6 Å². The molecule has 5 heteroatoms. The van der Waals surface area contributed by atoms with Gasteiger partial charge in [-0.3, -0.25) is 4.79 Å². The van der Waals surface area contributed by atoms with Crippen molar-refractivity contribution >= 4 is 36.0 Å². The molecule has 0 aromatic carbocycles. The molecular formula is C8H9ClN2OS. The molecule has 1 heterocycles. The smallest absolute Gasteiger partial charge is 0.238 e. The lowest BCUT2D eigenvalue weighted by Gasteiger charge is -2.05. The van der Waals surface area contributed by atoms with Crippen LogP contribution in [0.4, 0.5) is 5.82 Å². The Hall–Kier alpha value is -0.740. The van der Waals surface area contributed by atoms with E-state index in [2.05, 4.69) is 22.9 Å². The molecule has 0 aliphatic heterocycles. The zero-order valence-corrected chi connectivity index (χ0v) is 8.64. The number of hydrogen-bond acceptors (Lipinski definition) is 3. The Balaban J connectivity index is 2.65. The number of nitrogens with zero attached hydrogens (tertiary/aromatic N) is 1. The molecule has 1 rings (SSSR count). The summed E-state index contributed by atoms with van der Waals surface area (Å²) < 4.78 is 0. The fourth-order valence-electron chi connectivity index (χ4n) is 0.680. The molecule has 13 heavy (non-hydrogen) atoms. The van der Waals surface area contributed by atoms with Crippen LogP contribution in [0.3, 0.4) is 0 Å². The van der Waals surface area contributed by atoms with Crippen molar-refractivity contribution in [3.05, 3.63) is 23.4 Å². The van der Waals surface area contributed by atoms with E-state index >= 15 is 0 Å². The van der Waals surface area contributed by atoms with Crippen LogP contribution in [-0.4, -0.2) is 16.1 Å². The fraction of sp³-hybridized carbons (Fsp3) is 0.250. The summed E-state index contributed by atoms with van der Waals surface area (Å²) in [7, 11) is 0. The van der Waals surface area contributed by atoms with Crippen LogP contribution >= 0.6 is 24.2 Å². The number of anilines is 1. The molecule has 1 amide bonds. The zero-order valence-electron chi connectivity index (χ0n) is 6.99. The predicted molar refractivity (Wildman–Crippen MR) is 56.3 cm³/mol. The Labute approximate surface area is 86.9 Å². The number of hydrogen-bond donors (Lipinski definition) is 2. The lowest BCUT2D eigenvalue weighted by atomic mass is 10.4. The maximum Gasteiger partial charge on any atom is 0.238 e. The topological polar surface area (TPSA) is 42.0 Å². The van der Waals surface area contributed by atoms with Crippen molar-refractivity contribution in [1.29, 1.82) is 0 Å². The number of amides is 1. The first-order chi connectivity index (χ1) is 6.09. The highest BCUT2D eigenvalue weighted by molar-refractivity contribution is 7.81. The van der Waals surface area contributed by atoms with Gasteiger partial charge in [-0.2, -0.15) is 12.6 Å². The number of carbonyl (C=O) groups excluding carboxylic acids is 1. The number of rotatable bonds is 2. The van der Waals surface area contributed by atoms with Gasteiger partial charge in [0.05, 0.1) is 10.3 Å². The van der Waals surface area contributed by atoms with Crippen molar-refractivity contribution < 1.29 is 4.79 Å². The molecule has 0 aliphatic carbocycles. The summed E-state index contributed by atoms with van der Waals surface area (Å²) in [6.45, 7) is 1.69. The molecule has 0 spiro atoms. The Morgan fingerprint density at radius 2 is 2.38 bits per heavy atom. The molecule has 1 N–H and O–H groups in total. The van der Waals surface area contributed by atoms with Gasteiger partial charge in [0.2, 0.25) is 5.91 Å². The van der Waals surface area contributed by atoms with E-state index < -0.39 is 0 Å². The van der Waals surface area contributed by atoms with Gasteiger partial charge in [0, 0.05) is 6.20 Å². The molecule has 1 unspecified atom stereocenters. The minimum absolute atomic E-state index is 0.182. The molecule has 1 aromatic rings. The van der Waals surface area contributed by atoms with Gasteiger partial charge in [-0.15, -0.1) is 0 Å². The van der Waals surface area contributed by atoms with E-state index in [-0.39, 0.29) is 11.2 Å². The van der Waals surface area contributed by atoms with Crippen LogP contribution in [0, 0.1) is 0 Å². The molecule has 0 saturated heterocycles. The van der Waals surface area contributed by atoms with Crippen LogP contribution in [0.25, 0.3) is 0 Å². The van der Waals surface area contributed by atoms with Crippen molar-refractivity contribution in [3.8, 4) is 0 Å². The number of halogens is 1. The molecule has 1 aromatic heterocycles. The number of carbonyl (C=O) groups is 1. The lowest BCUT2D eigenvalue weighted by Crippen LogP contribution is -2.20. The summed E-state index contributed by atoms with van der Waals surface area (Å²) in [6.07, 6.45) is 1.47. The monoisotopic (exact) mass is 216 g/mol. The summed E-state index contributed by atoms with van der Waals surface area (Å²) >= 11 is 9.60. The second kappa shape index (κ2) is 4.48. The van der Waals surface area contributed by atoms with Gasteiger partial charge in [0.1, 0.15) is 5.82 Å². The predicted octanol–water partition coefficient (Wildman–Crippen LogP) is 1.99. The first-order valence-electron chi connectivity index (χ1n) is 3.70. The SMILES string of the molecule is CC(S)C(=O)Nc1ccc(Cl)cn1. The summed E-state index contributed by atoms with van der Waals surface area (Å²) in [5, 5.41) is 2.77. The van der Waals surface area contributed by atoms with E-state index in [9.17, 15) is 4.79 Å². The van der Waals surface area contributed by atoms with Gasteiger partial charge in [0.15, 0.2) is 0 Å². The van der Waals surface area contributed by atoms with Gasteiger partial charge >= 0.3 is 0 Å². The van der Waals surface area contributed by atoms with Crippen LogP contribution in [0.1, 0.15) is 6.92 Å². The average molecular weight is 217 g/mol.